The van der Waals surface area contributed by atoms with Gasteiger partial charge in [-0.15, -0.1) is 0 Å². The molecule has 1 nitrogen and oxygen atoms in total. The van der Waals surface area contributed by atoms with Gasteiger partial charge in [-0.05, 0) is 34.2 Å². The van der Waals surface area contributed by atoms with Crippen molar-refractivity contribution in [3.05, 3.63) is 58.7 Å². The lowest BCUT2D eigenvalue weighted by atomic mass is 9.85. The molecule has 2 aromatic rings. The number of methoxy groups -OCH3 is 1. The Morgan fingerprint density at radius 2 is 1.71 bits per heavy atom. The molecule has 1 unspecified atom stereocenters. The highest BCUT2D eigenvalue weighted by Crippen LogP contribution is 2.40. The standard InChI is InChI=1S/C25H36OSi2/c1-17-16-21(23(26-5)22(25(2,3)4)24(17)27(6)7)28(8,9)20-15-14-18-12-10-11-13-19(18)20/h10-16,20,27H,1-9H3. The summed E-state index contributed by atoms with van der Waals surface area (Å²) in [5.41, 5.74) is 6.37. The number of fused-ring (bicyclic) bond motifs is 1. The third-order valence-corrected chi connectivity index (χ3v) is 12.0. The molecule has 0 aromatic heterocycles. The summed E-state index contributed by atoms with van der Waals surface area (Å²) in [5, 5.41) is 3.07. The largest absolute Gasteiger partial charge is 0.497 e. The summed E-state index contributed by atoms with van der Waals surface area (Å²) in [6, 6.07) is 11.4. The minimum absolute atomic E-state index is 0.0760. The number of hydrogen-bond acceptors (Lipinski definition) is 1. The van der Waals surface area contributed by atoms with E-state index in [-0.39, 0.29) is 5.41 Å². The summed E-state index contributed by atoms with van der Waals surface area (Å²) in [6.07, 6.45) is 4.75. The van der Waals surface area contributed by atoms with Crippen molar-refractivity contribution in [2.24, 2.45) is 0 Å². The predicted molar refractivity (Wildman–Crippen MR) is 130 cm³/mol. The molecule has 0 amide bonds. The van der Waals surface area contributed by atoms with Gasteiger partial charge in [0.1, 0.15) is 5.75 Å². The maximum atomic E-state index is 6.22. The number of aryl methyl sites for hydroxylation is 1. The van der Waals surface area contributed by atoms with E-state index in [1.807, 2.05) is 7.11 Å². The number of allylic oxidation sites excluding steroid dienone is 1. The van der Waals surface area contributed by atoms with Crippen LogP contribution in [0.2, 0.25) is 26.2 Å². The van der Waals surface area contributed by atoms with Gasteiger partial charge in [-0.3, -0.25) is 0 Å². The Hall–Kier alpha value is -1.59. The van der Waals surface area contributed by atoms with Crippen LogP contribution in [0.3, 0.4) is 0 Å². The van der Waals surface area contributed by atoms with E-state index in [1.54, 1.807) is 5.19 Å². The fourth-order valence-corrected chi connectivity index (χ4v) is 10.5. The Labute approximate surface area is 174 Å². The molecule has 0 aliphatic heterocycles. The van der Waals surface area contributed by atoms with Gasteiger partial charge in [0.05, 0.1) is 24.0 Å². The van der Waals surface area contributed by atoms with Crippen LogP contribution < -0.4 is 15.1 Å². The zero-order valence-electron chi connectivity index (χ0n) is 19.1. The van der Waals surface area contributed by atoms with Gasteiger partial charge in [0, 0.05) is 5.54 Å². The molecule has 2 aromatic carbocycles. The third kappa shape index (κ3) is 3.44. The Morgan fingerprint density at radius 1 is 1.07 bits per heavy atom. The highest BCUT2D eigenvalue weighted by molar-refractivity contribution is 6.92. The molecule has 1 aliphatic rings. The maximum absolute atomic E-state index is 6.22. The van der Waals surface area contributed by atoms with Crippen LogP contribution in [0, 0.1) is 6.92 Å². The molecule has 1 atom stereocenters. The Morgan fingerprint density at radius 3 is 2.29 bits per heavy atom. The van der Waals surface area contributed by atoms with Crippen molar-refractivity contribution >= 4 is 33.3 Å². The second kappa shape index (κ2) is 7.34. The van der Waals surface area contributed by atoms with Crippen LogP contribution >= 0.6 is 0 Å². The summed E-state index contributed by atoms with van der Waals surface area (Å²) in [5.74, 6) is 1.17. The molecule has 0 bridgehead atoms. The van der Waals surface area contributed by atoms with Gasteiger partial charge in [0.25, 0.3) is 0 Å². The van der Waals surface area contributed by atoms with Gasteiger partial charge >= 0.3 is 0 Å². The van der Waals surface area contributed by atoms with Gasteiger partial charge < -0.3 is 4.74 Å². The molecular formula is C25H36OSi2. The highest BCUT2D eigenvalue weighted by Gasteiger charge is 2.40. The summed E-state index contributed by atoms with van der Waals surface area (Å²) >= 11 is 0. The molecule has 0 heterocycles. The van der Waals surface area contributed by atoms with Crippen molar-refractivity contribution < 1.29 is 4.74 Å². The molecule has 150 valence electrons. The predicted octanol–water partition coefficient (Wildman–Crippen LogP) is 5.26. The van der Waals surface area contributed by atoms with E-state index in [1.165, 1.54) is 33.2 Å². The fourth-order valence-electron chi connectivity index (χ4n) is 5.04. The molecule has 0 fully saturated rings. The van der Waals surface area contributed by atoms with Gasteiger partial charge in [0.15, 0.2) is 0 Å². The van der Waals surface area contributed by atoms with Crippen molar-refractivity contribution in [1.29, 1.82) is 0 Å². The summed E-state index contributed by atoms with van der Waals surface area (Å²) in [6.45, 7) is 19.3. The van der Waals surface area contributed by atoms with Gasteiger partial charge in [-0.1, -0.05) is 100 Å². The first-order chi connectivity index (χ1) is 13.0. The molecule has 0 N–H and O–H groups in total. The summed E-state index contributed by atoms with van der Waals surface area (Å²) in [4.78, 5) is 0. The minimum atomic E-state index is -1.86. The first-order valence-corrected chi connectivity index (χ1v) is 16.5. The van der Waals surface area contributed by atoms with Crippen LogP contribution in [-0.4, -0.2) is 24.0 Å². The smallest absolute Gasteiger partial charge is 0.121 e. The van der Waals surface area contributed by atoms with Crippen LogP contribution in [-0.2, 0) is 5.41 Å². The van der Waals surface area contributed by atoms with Crippen LogP contribution in [0.25, 0.3) is 6.08 Å². The number of benzene rings is 2. The quantitative estimate of drug-likeness (QED) is 0.627. The Balaban J connectivity index is 2.28. The van der Waals surface area contributed by atoms with Crippen molar-refractivity contribution in [3.63, 3.8) is 0 Å². The summed E-state index contributed by atoms with van der Waals surface area (Å²) < 4.78 is 6.22. The molecule has 0 saturated heterocycles. The van der Waals surface area contributed by atoms with Crippen molar-refractivity contribution in [2.45, 2.75) is 64.8 Å². The molecule has 0 saturated carbocycles. The van der Waals surface area contributed by atoms with Crippen LogP contribution in [0.4, 0.5) is 0 Å². The monoisotopic (exact) mass is 408 g/mol. The summed E-state index contributed by atoms with van der Waals surface area (Å²) in [7, 11) is -0.969. The normalized spacial score (nSPS) is 16.6. The maximum Gasteiger partial charge on any atom is 0.121 e. The first-order valence-electron chi connectivity index (χ1n) is 10.5. The van der Waals surface area contributed by atoms with E-state index < -0.39 is 16.9 Å². The average Bonchev–Trinajstić information content (AvgIpc) is 3.04. The Kier molecular flexibility index (Phi) is 5.54. The molecule has 0 spiro atoms. The Bertz CT molecular complexity index is 917. The van der Waals surface area contributed by atoms with Gasteiger partial charge in [-0.2, -0.15) is 0 Å². The SMILES string of the molecule is COc1c([Si](C)(C)C2C=Cc3ccccc32)cc(C)c([SiH](C)C)c1C(C)(C)C. The average molecular weight is 409 g/mol. The van der Waals surface area contributed by atoms with Gasteiger partial charge in [-0.25, -0.2) is 0 Å². The lowest BCUT2D eigenvalue weighted by molar-refractivity contribution is 0.401. The molecule has 0 radical (unpaired) electrons. The highest BCUT2D eigenvalue weighted by atomic mass is 28.3. The topological polar surface area (TPSA) is 9.23 Å². The molecule has 3 heteroatoms. The molecule has 1 aliphatic carbocycles. The number of hydrogen-bond donors (Lipinski definition) is 0. The van der Waals surface area contributed by atoms with Crippen molar-refractivity contribution in [3.8, 4) is 5.75 Å². The van der Waals surface area contributed by atoms with Crippen LogP contribution in [0.1, 0.15) is 48.6 Å². The second-order valence-electron chi connectivity index (χ2n) is 10.2. The lowest BCUT2D eigenvalue weighted by Gasteiger charge is -2.36. The van der Waals surface area contributed by atoms with E-state index in [0.29, 0.717) is 5.54 Å². The van der Waals surface area contributed by atoms with Crippen molar-refractivity contribution in [1.82, 2.24) is 0 Å². The zero-order valence-corrected chi connectivity index (χ0v) is 21.3. The fraction of sp³-hybridized carbons (Fsp3) is 0.440. The first kappa shape index (κ1) is 21.1. The minimum Gasteiger partial charge on any atom is -0.497 e. The molecule has 3 rings (SSSR count). The zero-order chi connectivity index (χ0) is 20.9. The van der Waals surface area contributed by atoms with E-state index in [4.69, 9.17) is 4.74 Å². The van der Waals surface area contributed by atoms with Gasteiger partial charge in [0.2, 0.25) is 0 Å². The third-order valence-electron chi connectivity index (χ3n) is 6.33. The molecule has 28 heavy (non-hydrogen) atoms. The van der Waals surface area contributed by atoms with E-state index >= 15 is 0 Å². The van der Waals surface area contributed by atoms with E-state index in [0.717, 1.165) is 0 Å². The van der Waals surface area contributed by atoms with Crippen LogP contribution in [0.15, 0.2) is 36.4 Å². The van der Waals surface area contributed by atoms with E-state index in [2.05, 4.69) is 96.4 Å². The lowest BCUT2D eigenvalue weighted by Crippen LogP contribution is -2.50. The van der Waals surface area contributed by atoms with E-state index in [9.17, 15) is 0 Å². The number of rotatable bonds is 4. The molecular weight excluding hydrogens is 372 g/mol. The van der Waals surface area contributed by atoms with Crippen molar-refractivity contribution in [2.75, 3.05) is 7.11 Å². The van der Waals surface area contributed by atoms with Crippen LogP contribution in [0.5, 0.6) is 5.75 Å². The number of ether oxygens (including phenoxy) is 1. The second-order valence-corrected chi connectivity index (χ2v) is 17.6.